The van der Waals surface area contributed by atoms with Crippen LogP contribution in [0.25, 0.3) is 16.5 Å². The van der Waals surface area contributed by atoms with Gasteiger partial charge in [-0.3, -0.25) is 0 Å². The van der Waals surface area contributed by atoms with Crippen molar-refractivity contribution >= 4 is 16.5 Å². The number of nitrogens with one attached hydrogen (secondary N) is 1. The number of nitrogens with zero attached hydrogens (tertiary/aromatic N) is 1. The Morgan fingerprint density at radius 1 is 1.45 bits per heavy atom. The van der Waals surface area contributed by atoms with E-state index < -0.39 is 0 Å². The average Bonchev–Trinajstić information content (AvgIpc) is 2.84. The van der Waals surface area contributed by atoms with Crippen molar-refractivity contribution in [3.63, 3.8) is 0 Å². The molecule has 0 spiro atoms. The molecule has 2 heterocycles. The van der Waals surface area contributed by atoms with Crippen LogP contribution < -0.4 is 5.32 Å². The maximum atomic E-state index is 4.19. The van der Waals surface area contributed by atoms with Crippen molar-refractivity contribution in [3.8, 4) is 12.0 Å². The summed E-state index contributed by atoms with van der Waals surface area (Å²) in [6.07, 6.45) is 5.54. The van der Waals surface area contributed by atoms with Crippen LogP contribution in [0, 0.1) is 12.0 Å². The van der Waals surface area contributed by atoms with Gasteiger partial charge in [-0.05, 0) is 54.0 Å². The van der Waals surface area contributed by atoms with E-state index in [2.05, 4.69) is 53.7 Å². The van der Waals surface area contributed by atoms with Crippen LogP contribution in [0.5, 0.6) is 0 Å². The molecule has 0 unspecified atom stereocenters. The van der Waals surface area contributed by atoms with Gasteiger partial charge in [-0.25, -0.2) is 0 Å². The van der Waals surface area contributed by atoms with Crippen molar-refractivity contribution in [2.75, 3.05) is 7.05 Å². The molecule has 1 aromatic carbocycles. The zero-order valence-electron chi connectivity index (χ0n) is 12.2. The summed E-state index contributed by atoms with van der Waals surface area (Å²) in [5, 5.41) is 4.17. The van der Waals surface area contributed by atoms with E-state index in [9.17, 15) is 0 Å². The highest BCUT2D eigenvalue weighted by atomic mass is 15.0. The minimum atomic E-state index is 0.989. The lowest BCUT2D eigenvalue weighted by atomic mass is 9.95. The molecule has 3 rings (SSSR count). The first kappa shape index (κ1) is 12.9. The molecule has 1 aliphatic rings. The van der Waals surface area contributed by atoms with Gasteiger partial charge < -0.3 is 9.88 Å². The van der Waals surface area contributed by atoms with Gasteiger partial charge in [0.15, 0.2) is 0 Å². The van der Waals surface area contributed by atoms with Crippen molar-refractivity contribution < 1.29 is 0 Å². The van der Waals surface area contributed by atoms with Gasteiger partial charge in [0.1, 0.15) is 0 Å². The molecule has 0 radical (unpaired) electrons. The highest BCUT2D eigenvalue weighted by Crippen LogP contribution is 2.32. The van der Waals surface area contributed by atoms with Crippen LogP contribution in [-0.4, -0.2) is 11.6 Å². The summed E-state index contributed by atoms with van der Waals surface area (Å²) in [4.78, 5) is 0. The average molecular weight is 264 g/mol. The highest BCUT2D eigenvalue weighted by Gasteiger charge is 2.17. The van der Waals surface area contributed by atoms with E-state index in [4.69, 9.17) is 0 Å². The smallest absolute Gasteiger partial charge is 0.0526 e. The van der Waals surface area contributed by atoms with Crippen LogP contribution in [-0.2, 0) is 13.0 Å². The molecule has 2 aromatic rings. The second-order valence-corrected chi connectivity index (χ2v) is 5.33. The monoisotopic (exact) mass is 264 g/mol. The molecule has 102 valence electrons. The van der Waals surface area contributed by atoms with Gasteiger partial charge in [0.2, 0.25) is 0 Å². The number of aromatic nitrogens is 1. The summed E-state index contributed by atoms with van der Waals surface area (Å²) in [7, 11) is 1.85. The molecule has 2 heteroatoms. The lowest BCUT2D eigenvalue weighted by Crippen LogP contribution is -2.06. The molecule has 20 heavy (non-hydrogen) atoms. The molecule has 0 aliphatic carbocycles. The topological polar surface area (TPSA) is 17.0 Å². The van der Waals surface area contributed by atoms with Crippen LogP contribution in [0.1, 0.15) is 36.5 Å². The second kappa shape index (κ2) is 5.09. The van der Waals surface area contributed by atoms with Gasteiger partial charge in [0, 0.05) is 31.2 Å². The fourth-order valence-corrected chi connectivity index (χ4v) is 2.97. The number of hydrogen-bond donors (Lipinski definition) is 1. The lowest BCUT2D eigenvalue weighted by molar-refractivity contribution is 0.635. The summed E-state index contributed by atoms with van der Waals surface area (Å²) in [6.45, 7) is 7.44. The predicted octanol–water partition coefficient (Wildman–Crippen LogP) is 3.54. The molecule has 0 fully saturated rings. The molecule has 1 N–H and O–H groups in total. The zero-order chi connectivity index (χ0) is 14.1. The van der Waals surface area contributed by atoms with E-state index in [1.54, 1.807) is 0 Å². The third kappa shape index (κ3) is 2.00. The van der Waals surface area contributed by atoms with Crippen LogP contribution in [0.3, 0.4) is 0 Å². The van der Waals surface area contributed by atoms with Crippen molar-refractivity contribution in [2.24, 2.45) is 0 Å². The van der Waals surface area contributed by atoms with E-state index in [-0.39, 0.29) is 0 Å². The number of allylic oxidation sites excluding steroid dienone is 1. The summed E-state index contributed by atoms with van der Waals surface area (Å²) in [6, 6.07) is 7.54. The molecule has 1 aliphatic heterocycles. The lowest BCUT2D eigenvalue weighted by Gasteiger charge is -2.17. The molecule has 0 amide bonds. The molecule has 1 aromatic heterocycles. The summed E-state index contributed by atoms with van der Waals surface area (Å²) in [5.74, 6) is 3.22. The second-order valence-electron chi connectivity index (χ2n) is 5.33. The van der Waals surface area contributed by atoms with Gasteiger partial charge in [-0.1, -0.05) is 13.5 Å². The first-order valence-corrected chi connectivity index (χ1v) is 7.26. The number of hydrogen-bond acceptors (Lipinski definition) is 1. The normalized spacial score (nSPS) is 12.9. The Kier molecular flexibility index (Phi) is 3.28. The van der Waals surface area contributed by atoms with Crippen molar-refractivity contribution in [2.45, 2.75) is 32.7 Å². The standard InChI is InChI=1S/C18H20N2/c1-4-13(2)16-10-14-6-5-9-20-12-15(7-8-19-3)17(11-16)18(14)20/h10-12,19H,2,4-6,9H2,1,3H3. The largest absolute Gasteiger partial charge is 0.349 e. The Hall–Kier alpha value is -2.14. The summed E-state index contributed by atoms with van der Waals surface area (Å²) < 4.78 is 2.35. The third-order valence-corrected chi connectivity index (χ3v) is 4.05. The Morgan fingerprint density at radius 2 is 2.30 bits per heavy atom. The molecule has 0 atom stereocenters. The van der Waals surface area contributed by atoms with Gasteiger partial charge >= 0.3 is 0 Å². The van der Waals surface area contributed by atoms with Gasteiger partial charge in [0.05, 0.1) is 11.1 Å². The first-order chi connectivity index (χ1) is 9.74. The molecule has 0 saturated heterocycles. The van der Waals surface area contributed by atoms with Crippen molar-refractivity contribution in [1.29, 1.82) is 0 Å². The van der Waals surface area contributed by atoms with Crippen LogP contribution in [0.15, 0.2) is 24.9 Å². The van der Waals surface area contributed by atoms with E-state index >= 15 is 0 Å². The maximum absolute atomic E-state index is 4.19. The summed E-state index contributed by atoms with van der Waals surface area (Å²) in [5.41, 5.74) is 6.39. The van der Waals surface area contributed by atoms with E-state index in [0.29, 0.717) is 0 Å². The Morgan fingerprint density at radius 3 is 3.05 bits per heavy atom. The van der Waals surface area contributed by atoms with E-state index in [1.165, 1.54) is 34.0 Å². The molecular weight excluding hydrogens is 244 g/mol. The quantitative estimate of drug-likeness (QED) is 0.648. The Labute approximate surface area is 120 Å². The van der Waals surface area contributed by atoms with Gasteiger partial charge in [-0.15, -0.1) is 0 Å². The number of rotatable bonds is 2. The molecule has 2 nitrogen and oxygen atoms in total. The summed E-state index contributed by atoms with van der Waals surface area (Å²) >= 11 is 0. The maximum Gasteiger partial charge on any atom is 0.0526 e. The zero-order valence-corrected chi connectivity index (χ0v) is 12.2. The fourth-order valence-electron chi connectivity index (χ4n) is 2.97. The third-order valence-electron chi connectivity index (χ3n) is 4.05. The van der Waals surface area contributed by atoms with Crippen LogP contribution >= 0.6 is 0 Å². The number of benzene rings is 1. The first-order valence-electron chi connectivity index (χ1n) is 7.26. The predicted molar refractivity (Wildman–Crippen MR) is 85.5 cm³/mol. The molecule has 0 bridgehead atoms. The highest BCUT2D eigenvalue weighted by molar-refractivity contribution is 5.92. The van der Waals surface area contributed by atoms with Crippen molar-refractivity contribution in [3.05, 3.63) is 41.6 Å². The fraction of sp³-hybridized carbons (Fsp3) is 0.333. The van der Waals surface area contributed by atoms with E-state index in [1.807, 2.05) is 7.05 Å². The van der Waals surface area contributed by atoms with Crippen LogP contribution in [0.2, 0.25) is 0 Å². The molecular formula is C18H20N2. The Bertz CT molecular complexity index is 738. The minimum absolute atomic E-state index is 0.989. The van der Waals surface area contributed by atoms with Crippen molar-refractivity contribution in [1.82, 2.24) is 9.88 Å². The SMILES string of the molecule is C=C(CC)c1cc2c3c(c1)c(C#CNC)cn3CCC2. The molecule has 0 saturated carbocycles. The number of aryl methyl sites for hydroxylation is 2. The van der Waals surface area contributed by atoms with Crippen LogP contribution in [0.4, 0.5) is 0 Å². The van der Waals surface area contributed by atoms with Gasteiger partial charge in [0.25, 0.3) is 0 Å². The minimum Gasteiger partial charge on any atom is -0.349 e. The van der Waals surface area contributed by atoms with E-state index in [0.717, 1.165) is 24.9 Å². The van der Waals surface area contributed by atoms with Gasteiger partial charge in [-0.2, -0.15) is 0 Å². The Balaban J connectivity index is 2.27.